The van der Waals surface area contributed by atoms with Crippen LogP contribution in [0, 0.1) is 17.8 Å². The molecule has 0 spiro atoms. The van der Waals surface area contributed by atoms with E-state index in [-0.39, 0.29) is 23.7 Å². The number of ether oxygens (including phenoxy) is 2. The first-order valence-electron chi connectivity index (χ1n) is 9.16. The fourth-order valence-corrected chi connectivity index (χ4v) is 3.55. The molecule has 3 unspecified atom stereocenters. The van der Waals surface area contributed by atoms with Crippen LogP contribution in [0.2, 0.25) is 0 Å². The summed E-state index contributed by atoms with van der Waals surface area (Å²) in [5, 5.41) is 12.1. The molecule has 144 valence electrons. The van der Waals surface area contributed by atoms with E-state index in [0.29, 0.717) is 30.9 Å². The Morgan fingerprint density at radius 2 is 1.88 bits per heavy atom. The molecule has 3 atom stereocenters. The van der Waals surface area contributed by atoms with Gasteiger partial charge in [0.25, 0.3) is 0 Å². The Morgan fingerprint density at radius 3 is 2.54 bits per heavy atom. The first-order valence-corrected chi connectivity index (χ1v) is 9.16. The molecule has 0 aliphatic heterocycles. The van der Waals surface area contributed by atoms with Crippen molar-refractivity contribution in [2.24, 2.45) is 17.8 Å². The molecule has 2 N–H and O–H groups in total. The number of rotatable bonds is 8. The van der Waals surface area contributed by atoms with Gasteiger partial charge in [-0.1, -0.05) is 19.4 Å². The summed E-state index contributed by atoms with van der Waals surface area (Å²) in [6, 6.07) is 5.83. The Morgan fingerprint density at radius 1 is 1.19 bits per heavy atom. The molecule has 6 nitrogen and oxygen atoms in total. The average molecular weight is 363 g/mol. The topological polar surface area (TPSA) is 84.9 Å². The molecule has 6 heteroatoms. The van der Waals surface area contributed by atoms with Gasteiger partial charge in [-0.05, 0) is 49.3 Å². The Kier molecular flexibility index (Phi) is 7.30. The Bertz CT molecular complexity index is 631. The van der Waals surface area contributed by atoms with Gasteiger partial charge in [0, 0.05) is 12.5 Å². The highest BCUT2D eigenvalue weighted by Crippen LogP contribution is 2.30. The lowest BCUT2D eigenvalue weighted by atomic mass is 9.81. The maximum absolute atomic E-state index is 12.4. The minimum Gasteiger partial charge on any atom is -0.493 e. The Labute approximate surface area is 154 Å². The number of amides is 1. The number of hydrogen-bond donors (Lipinski definition) is 2. The number of carboxylic acid groups (broad SMARTS) is 1. The first kappa shape index (κ1) is 20.1. The van der Waals surface area contributed by atoms with Gasteiger partial charge in [-0.25, -0.2) is 0 Å². The highest BCUT2D eigenvalue weighted by molar-refractivity contribution is 5.80. The van der Waals surface area contributed by atoms with E-state index in [1.165, 1.54) is 0 Å². The van der Waals surface area contributed by atoms with Crippen LogP contribution >= 0.6 is 0 Å². The van der Waals surface area contributed by atoms with Crippen molar-refractivity contribution in [1.29, 1.82) is 0 Å². The standard InChI is InChI=1S/C20H29NO5/c1-13(9-14-7-8-17(25-2)18(10-14)26-3)12-21-19(22)15-5-4-6-16(11-15)20(23)24/h7-8,10,13,15-16H,4-6,9,11-12H2,1-3H3,(H,21,22)(H,23,24). The molecule has 1 aliphatic carbocycles. The van der Waals surface area contributed by atoms with Crippen molar-refractivity contribution in [1.82, 2.24) is 5.32 Å². The van der Waals surface area contributed by atoms with Crippen LogP contribution in [-0.4, -0.2) is 37.7 Å². The van der Waals surface area contributed by atoms with Gasteiger partial charge < -0.3 is 19.9 Å². The maximum atomic E-state index is 12.4. The summed E-state index contributed by atoms with van der Waals surface area (Å²) in [5.74, 6) is 0.280. The van der Waals surface area contributed by atoms with Crippen molar-refractivity contribution in [3.8, 4) is 11.5 Å². The van der Waals surface area contributed by atoms with Gasteiger partial charge in [-0.15, -0.1) is 0 Å². The average Bonchev–Trinajstić information content (AvgIpc) is 2.66. The lowest BCUT2D eigenvalue weighted by molar-refractivity contribution is -0.144. The molecule has 1 amide bonds. The van der Waals surface area contributed by atoms with Crippen molar-refractivity contribution in [2.75, 3.05) is 20.8 Å². The second kappa shape index (κ2) is 9.46. The Hall–Kier alpha value is -2.24. The van der Waals surface area contributed by atoms with E-state index in [0.717, 1.165) is 24.8 Å². The van der Waals surface area contributed by atoms with Crippen molar-refractivity contribution < 1.29 is 24.2 Å². The fraction of sp³-hybridized carbons (Fsp3) is 0.600. The third-order valence-electron chi connectivity index (χ3n) is 5.05. The van der Waals surface area contributed by atoms with Gasteiger partial charge in [0.15, 0.2) is 11.5 Å². The second-order valence-electron chi connectivity index (χ2n) is 7.14. The van der Waals surface area contributed by atoms with Crippen molar-refractivity contribution in [3.63, 3.8) is 0 Å². The number of benzene rings is 1. The zero-order chi connectivity index (χ0) is 19.1. The van der Waals surface area contributed by atoms with E-state index in [2.05, 4.69) is 12.2 Å². The van der Waals surface area contributed by atoms with E-state index in [1.54, 1.807) is 14.2 Å². The summed E-state index contributed by atoms with van der Waals surface area (Å²) >= 11 is 0. The third kappa shape index (κ3) is 5.38. The fourth-order valence-electron chi connectivity index (χ4n) is 3.55. The quantitative estimate of drug-likeness (QED) is 0.742. The summed E-state index contributed by atoms with van der Waals surface area (Å²) in [6.07, 6.45) is 3.51. The van der Waals surface area contributed by atoms with Crippen molar-refractivity contribution >= 4 is 11.9 Å². The highest BCUT2D eigenvalue weighted by Gasteiger charge is 2.30. The third-order valence-corrected chi connectivity index (χ3v) is 5.05. The molecule has 1 aromatic carbocycles. The molecule has 0 saturated heterocycles. The molecular formula is C20H29NO5. The number of aliphatic carboxylic acids is 1. The Balaban J connectivity index is 1.83. The molecule has 0 bridgehead atoms. The van der Waals surface area contributed by atoms with Crippen LogP contribution < -0.4 is 14.8 Å². The summed E-state index contributed by atoms with van der Waals surface area (Å²) in [4.78, 5) is 23.5. The summed E-state index contributed by atoms with van der Waals surface area (Å²) in [7, 11) is 3.22. The van der Waals surface area contributed by atoms with Crippen molar-refractivity contribution in [2.45, 2.75) is 39.0 Å². The highest BCUT2D eigenvalue weighted by atomic mass is 16.5. The van der Waals surface area contributed by atoms with Crippen LogP contribution in [0.3, 0.4) is 0 Å². The van der Waals surface area contributed by atoms with Crippen LogP contribution in [0.1, 0.15) is 38.2 Å². The summed E-state index contributed by atoms with van der Waals surface area (Å²) in [5.41, 5.74) is 1.12. The second-order valence-corrected chi connectivity index (χ2v) is 7.14. The minimum atomic E-state index is -0.788. The molecular weight excluding hydrogens is 334 g/mol. The number of methoxy groups -OCH3 is 2. The molecule has 1 saturated carbocycles. The van der Waals surface area contributed by atoms with E-state index < -0.39 is 5.97 Å². The van der Waals surface area contributed by atoms with E-state index in [4.69, 9.17) is 14.6 Å². The molecule has 1 aliphatic rings. The molecule has 1 aromatic rings. The largest absolute Gasteiger partial charge is 0.493 e. The predicted molar refractivity (Wildman–Crippen MR) is 98.5 cm³/mol. The van der Waals surface area contributed by atoms with Gasteiger partial charge >= 0.3 is 5.97 Å². The summed E-state index contributed by atoms with van der Waals surface area (Å²) in [6.45, 7) is 2.65. The van der Waals surface area contributed by atoms with E-state index in [1.807, 2.05) is 18.2 Å². The van der Waals surface area contributed by atoms with Gasteiger partial charge in [-0.3, -0.25) is 9.59 Å². The molecule has 0 heterocycles. The van der Waals surface area contributed by atoms with Gasteiger partial charge in [0.1, 0.15) is 0 Å². The van der Waals surface area contributed by atoms with Crippen LogP contribution in [-0.2, 0) is 16.0 Å². The normalized spacial score (nSPS) is 20.9. The molecule has 0 radical (unpaired) electrons. The van der Waals surface area contributed by atoms with Crippen LogP contribution in [0.25, 0.3) is 0 Å². The summed E-state index contributed by atoms with van der Waals surface area (Å²) < 4.78 is 10.6. The van der Waals surface area contributed by atoms with Gasteiger partial charge in [0.05, 0.1) is 20.1 Å². The predicted octanol–water partition coefficient (Wildman–Crippen LogP) is 2.89. The monoisotopic (exact) mass is 363 g/mol. The zero-order valence-corrected chi connectivity index (χ0v) is 15.8. The van der Waals surface area contributed by atoms with Crippen LogP contribution in [0.5, 0.6) is 11.5 Å². The first-order chi connectivity index (χ1) is 12.4. The number of carbonyl (C=O) groups is 2. The van der Waals surface area contributed by atoms with Crippen molar-refractivity contribution in [3.05, 3.63) is 23.8 Å². The van der Waals surface area contributed by atoms with E-state index in [9.17, 15) is 9.59 Å². The molecule has 26 heavy (non-hydrogen) atoms. The minimum absolute atomic E-state index is 0.0184. The number of nitrogens with one attached hydrogen (secondary N) is 1. The number of carbonyl (C=O) groups excluding carboxylic acids is 1. The number of carboxylic acids is 1. The lowest BCUT2D eigenvalue weighted by Crippen LogP contribution is -2.37. The maximum Gasteiger partial charge on any atom is 0.306 e. The molecule has 2 rings (SSSR count). The smallest absolute Gasteiger partial charge is 0.306 e. The molecule has 0 aromatic heterocycles. The van der Waals surface area contributed by atoms with Gasteiger partial charge in [0.2, 0.25) is 5.91 Å². The lowest BCUT2D eigenvalue weighted by Gasteiger charge is -2.26. The number of hydrogen-bond acceptors (Lipinski definition) is 4. The zero-order valence-electron chi connectivity index (χ0n) is 15.8. The van der Waals surface area contributed by atoms with Gasteiger partial charge in [-0.2, -0.15) is 0 Å². The van der Waals surface area contributed by atoms with Crippen LogP contribution in [0.15, 0.2) is 18.2 Å². The van der Waals surface area contributed by atoms with Crippen LogP contribution in [0.4, 0.5) is 0 Å². The van der Waals surface area contributed by atoms with E-state index >= 15 is 0 Å². The molecule has 1 fully saturated rings. The SMILES string of the molecule is COc1ccc(CC(C)CNC(=O)C2CCCC(C(=O)O)C2)cc1OC.